The van der Waals surface area contributed by atoms with Gasteiger partial charge in [0.1, 0.15) is 11.4 Å². The van der Waals surface area contributed by atoms with E-state index in [4.69, 9.17) is 15.6 Å². The molecule has 0 radical (unpaired) electrons. The van der Waals surface area contributed by atoms with Crippen LogP contribution in [-0.4, -0.2) is 47.7 Å². The quantitative estimate of drug-likeness (QED) is 0.725. The minimum absolute atomic E-state index is 0.0774. The van der Waals surface area contributed by atoms with Gasteiger partial charge in [0.25, 0.3) is 0 Å². The highest BCUT2D eigenvalue weighted by atomic mass is 16.5. The van der Waals surface area contributed by atoms with E-state index in [1.807, 2.05) is 4.90 Å². The molecule has 0 aliphatic carbocycles. The largest absolute Gasteiger partial charge is 0.465 e. The Morgan fingerprint density at radius 1 is 1.50 bits per heavy atom. The Hall–Kier alpha value is -1.76. The predicted molar refractivity (Wildman–Crippen MR) is 66.5 cm³/mol. The fourth-order valence-corrected chi connectivity index (χ4v) is 2.18. The van der Waals surface area contributed by atoms with Gasteiger partial charge in [-0.3, -0.25) is 0 Å². The second-order valence-corrected chi connectivity index (χ2v) is 4.22. The zero-order chi connectivity index (χ0) is 13.1. The maximum absolute atomic E-state index is 11.8. The molecule has 1 fully saturated rings. The lowest BCUT2D eigenvalue weighted by atomic mass is 10.3. The molecule has 0 bridgehead atoms. The van der Waals surface area contributed by atoms with Gasteiger partial charge in [-0.05, 0) is 12.8 Å². The van der Waals surface area contributed by atoms with E-state index in [1.165, 1.54) is 11.8 Å². The number of rotatable bonds is 4. The van der Waals surface area contributed by atoms with E-state index in [-0.39, 0.29) is 19.0 Å². The molecule has 1 saturated heterocycles. The van der Waals surface area contributed by atoms with Crippen LogP contribution in [0.1, 0.15) is 23.2 Å². The van der Waals surface area contributed by atoms with E-state index < -0.39 is 5.97 Å². The molecule has 7 nitrogen and oxygen atoms in total. The fourth-order valence-electron chi connectivity index (χ4n) is 2.18. The second kappa shape index (κ2) is 5.26. The van der Waals surface area contributed by atoms with Crippen LogP contribution in [0.5, 0.6) is 0 Å². The normalized spacial score (nSPS) is 15.1. The number of esters is 1. The van der Waals surface area contributed by atoms with Gasteiger partial charge >= 0.3 is 5.97 Å². The monoisotopic (exact) mass is 254 g/mol. The first-order valence-corrected chi connectivity index (χ1v) is 5.99. The number of hydrogen-bond acceptors (Lipinski definition) is 6. The van der Waals surface area contributed by atoms with Crippen LogP contribution in [-0.2, 0) is 11.3 Å². The molecule has 0 unspecified atom stereocenters. The average molecular weight is 254 g/mol. The average Bonchev–Trinajstić information content (AvgIpc) is 2.98. The lowest BCUT2D eigenvalue weighted by Crippen LogP contribution is -2.21. The molecule has 0 atom stereocenters. The summed E-state index contributed by atoms with van der Waals surface area (Å²) in [5.41, 5.74) is 6.20. The Labute approximate surface area is 105 Å². The lowest BCUT2D eigenvalue weighted by molar-refractivity contribution is 0.0602. The van der Waals surface area contributed by atoms with Crippen molar-refractivity contribution < 1.29 is 14.6 Å². The van der Waals surface area contributed by atoms with Crippen LogP contribution in [0, 0.1) is 0 Å². The number of methoxy groups -OCH3 is 1. The third kappa shape index (κ3) is 2.13. The van der Waals surface area contributed by atoms with Crippen LogP contribution >= 0.6 is 0 Å². The number of carbonyl (C=O) groups excluding carboxylic acids is 1. The third-order valence-electron chi connectivity index (χ3n) is 3.08. The maximum atomic E-state index is 11.8. The molecule has 0 amide bonds. The summed E-state index contributed by atoms with van der Waals surface area (Å²) in [7, 11) is 1.32. The second-order valence-electron chi connectivity index (χ2n) is 4.22. The van der Waals surface area contributed by atoms with Gasteiger partial charge in [-0.25, -0.2) is 9.48 Å². The summed E-state index contributed by atoms with van der Waals surface area (Å²) in [4.78, 5) is 13.8. The Morgan fingerprint density at radius 2 is 2.17 bits per heavy atom. The Balaban J connectivity index is 2.41. The standard InChI is InChI=1S/C11H18N4O3/c1-18-11(17)8-9(12)15(6-7-16)13-10(8)14-4-2-3-5-14/h16H,2-7,12H2,1H3. The van der Waals surface area contributed by atoms with Gasteiger partial charge in [-0.2, -0.15) is 5.10 Å². The number of hydrogen-bond donors (Lipinski definition) is 2. The zero-order valence-electron chi connectivity index (χ0n) is 10.4. The highest BCUT2D eigenvalue weighted by molar-refractivity contribution is 5.99. The van der Waals surface area contributed by atoms with Crippen LogP contribution in [0.2, 0.25) is 0 Å². The van der Waals surface area contributed by atoms with Gasteiger partial charge < -0.3 is 20.5 Å². The van der Waals surface area contributed by atoms with Gasteiger partial charge in [0.2, 0.25) is 0 Å². The number of nitrogen functional groups attached to an aromatic ring is 1. The first kappa shape index (κ1) is 12.7. The molecule has 18 heavy (non-hydrogen) atoms. The van der Waals surface area contributed by atoms with Crippen molar-refractivity contribution in [3.63, 3.8) is 0 Å². The topological polar surface area (TPSA) is 93.6 Å². The van der Waals surface area contributed by atoms with Crippen molar-refractivity contribution in [2.75, 3.05) is 37.4 Å². The molecule has 2 rings (SSSR count). The van der Waals surface area contributed by atoms with Crippen LogP contribution in [0.15, 0.2) is 0 Å². The fraction of sp³-hybridized carbons (Fsp3) is 0.636. The first-order chi connectivity index (χ1) is 8.69. The van der Waals surface area contributed by atoms with Crippen molar-refractivity contribution in [1.29, 1.82) is 0 Å². The van der Waals surface area contributed by atoms with Crippen LogP contribution in [0.25, 0.3) is 0 Å². The molecule has 100 valence electrons. The molecule has 1 aromatic rings. The first-order valence-electron chi connectivity index (χ1n) is 5.99. The molecule has 0 aromatic carbocycles. The van der Waals surface area contributed by atoms with Crippen molar-refractivity contribution in [2.45, 2.75) is 19.4 Å². The third-order valence-corrected chi connectivity index (χ3v) is 3.08. The van der Waals surface area contributed by atoms with Gasteiger partial charge in [0, 0.05) is 13.1 Å². The minimum atomic E-state index is -0.487. The summed E-state index contributed by atoms with van der Waals surface area (Å²) >= 11 is 0. The molecule has 3 N–H and O–H groups in total. The predicted octanol–water partition coefficient (Wildman–Crippen LogP) is -0.156. The van der Waals surface area contributed by atoms with Crippen molar-refractivity contribution in [1.82, 2.24) is 9.78 Å². The van der Waals surface area contributed by atoms with Crippen molar-refractivity contribution >= 4 is 17.6 Å². The number of anilines is 2. The van der Waals surface area contributed by atoms with Crippen molar-refractivity contribution in [2.24, 2.45) is 0 Å². The summed E-state index contributed by atoms with van der Waals surface area (Å²) in [5, 5.41) is 13.3. The highest BCUT2D eigenvalue weighted by Crippen LogP contribution is 2.28. The van der Waals surface area contributed by atoms with Crippen molar-refractivity contribution in [3.05, 3.63) is 5.56 Å². The van der Waals surface area contributed by atoms with Crippen LogP contribution < -0.4 is 10.6 Å². The number of aliphatic hydroxyl groups is 1. The number of carbonyl (C=O) groups is 1. The van der Waals surface area contributed by atoms with E-state index in [2.05, 4.69) is 5.10 Å². The summed E-state index contributed by atoms with van der Waals surface area (Å²) in [6, 6.07) is 0. The number of aromatic nitrogens is 2. The summed E-state index contributed by atoms with van der Waals surface area (Å²) < 4.78 is 6.19. The lowest BCUT2D eigenvalue weighted by Gasteiger charge is -2.15. The van der Waals surface area contributed by atoms with Crippen LogP contribution in [0.4, 0.5) is 11.6 Å². The van der Waals surface area contributed by atoms with E-state index in [1.54, 1.807) is 0 Å². The highest BCUT2D eigenvalue weighted by Gasteiger charge is 2.27. The van der Waals surface area contributed by atoms with Gasteiger partial charge in [-0.15, -0.1) is 0 Å². The Kier molecular flexibility index (Phi) is 3.71. The minimum Gasteiger partial charge on any atom is -0.465 e. The molecule has 1 aromatic heterocycles. The number of aliphatic hydroxyl groups excluding tert-OH is 1. The van der Waals surface area contributed by atoms with E-state index in [9.17, 15) is 4.79 Å². The maximum Gasteiger partial charge on any atom is 0.345 e. The summed E-state index contributed by atoms with van der Waals surface area (Å²) in [5.74, 6) is 0.321. The Bertz CT molecular complexity index is 438. The zero-order valence-corrected chi connectivity index (χ0v) is 10.4. The molecule has 0 spiro atoms. The summed E-state index contributed by atoms with van der Waals surface area (Å²) in [6.45, 7) is 1.91. The molecule has 1 aliphatic rings. The number of ether oxygens (including phenoxy) is 1. The van der Waals surface area contributed by atoms with Crippen LogP contribution in [0.3, 0.4) is 0 Å². The molecule has 1 aliphatic heterocycles. The van der Waals surface area contributed by atoms with Gasteiger partial charge in [0.15, 0.2) is 5.82 Å². The molecular formula is C11H18N4O3. The molecule has 2 heterocycles. The number of nitrogens with two attached hydrogens (primary N) is 1. The number of nitrogens with zero attached hydrogens (tertiary/aromatic N) is 3. The molecule has 0 saturated carbocycles. The van der Waals surface area contributed by atoms with E-state index in [0.29, 0.717) is 11.4 Å². The Morgan fingerprint density at radius 3 is 2.72 bits per heavy atom. The smallest absolute Gasteiger partial charge is 0.345 e. The van der Waals surface area contributed by atoms with E-state index >= 15 is 0 Å². The molecule has 7 heteroatoms. The van der Waals surface area contributed by atoms with Crippen molar-refractivity contribution in [3.8, 4) is 0 Å². The van der Waals surface area contributed by atoms with Gasteiger partial charge in [0.05, 0.1) is 20.3 Å². The van der Waals surface area contributed by atoms with E-state index in [0.717, 1.165) is 25.9 Å². The SMILES string of the molecule is COC(=O)c1c(N2CCCC2)nn(CCO)c1N. The molecular weight excluding hydrogens is 236 g/mol. The summed E-state index contributed by atoms with van der Waals surface area (Å²) in [6.07, 6.45) is 2.15. The van der Waals surface area contributed by atoms with Gasteiger partial charge in [-0.1, -0.05) is 0 Å².